The second kappa shape index (κ2) is 23.1. The molecule has 4 amide bonds. The second-order valence-electron chi connectivity index (χ2n) is 20.7. The number of nitrogens with two attached hydrogens (primary N) is 1. The first-order chi connectivity index (χ1) is 31.5. The zero-order valence-corrected chi connectivity index (χ0v) is 42.2. The number of carbonyl (C=O) groups is 4. The summed E-state index contributed by atoms with van der Waals surface area (Å²) < 4.78 is 25.7. The van der Waals surface area contributed by atoms with Gasteiger partial charge in [0.1, 0.15) is 17.7 Å². The van der Waals surface area contributed by atoms with E-state index in [2.05, 4.69) is 49.8 Å². The average Bonchev–Trinajstić information content (AvgIpc) is 3.76. The summed E-state index contributed by atoms with van der Waals surface area (Å²) in [6.45, 7) is 21.1. The molecule has 13 heteroatoms. The summed E-state index contributed by atoms with van der Waals surface area (Å²) in [6, 6.07) is 34.3. The minimum Gasteiger partial charge on any atom is -0.444 e. The Labute approximate surface area is 399 Å². The molecule has 12 nitrogen and oxygen atoms in total. The highest BCUT2D eigenvalue weighted by atomic mass is 28.4. The number of amides is 4. The highest BCUT2D eigenvalue weighted by molar-refractivity contribution is 6.74. The molecule has 5 rings (SSSR count). The number of hydrogen-bond acceptors (Lipinski definition) is 8. The minimum absolute atomic E-state index is 0.00287. The van der Waals surface area contributed by atoms with Gasteiger partial charge in [0, 0.05) is 23.5 Å². The summed E-state index contributed by atoms with van der Waals surface area (Å²) in [5.41, 5.74) is 9.44. The van der Waals surface area contributed by atoms with Crippen molar-refractivity contribution in [3.05, 3.63) is 143 Å². The number of rotatable bonds is 21. The summed E-state index contributed by atoms with van der Waals surface area (Å²) in [5.74, 6) is -3.38. The summed E-state index contributed by atoms with van der Waals surface area (Å²) >= 11 is 0. The smallest absolute Gasteiger partial charge is 0.407 e. The molecule has 5 N–H and O–H groups in total. The zero-order chi connectivity index (χ0) is 49.0. The normalized spacial score (nSPS) is 16.3. The number of hydrogen-bond donors (Lipinski definition) is 4. The largest absolute Gasteiger partial charge is 0.444 e. The predicted molar refractivity (Wildman–Crippen MR) is 265 cm³/mol. The molecule has 0 bridgehead atoms. The van der Waals surface area contributed by atoms with E-state index in [0.29, 0.717) is 26.1 Å². The number of primary amides is 1. The van der Waals surface area contributed by atoms with E-state index in [9.17, 15) is 14.4 Å². The molecule has 0 spiro atoms. The number of nitrogens with one attached hydrogen (secondary N) is 3. The molecule has 1 aliphatic rings. The van der Waals surface area contributed by atoms with Crippen molar-refractivity contribution in [3.63, 3.8) is 0 Å². The van der Waals surface area contributed by atoms with E-state index in [1.807, 2.05) is 150 Å². The summed E-state index contributed by atoms with van der Waals surface area (Å²) in [7, 11) is -2.60. The van der Waals surface area contributed by atoms with Crippen molar-refractivity contribution in [2.24, 2.45) is 17.6 Å². The third-order valence-electron chi connectivity index (χ3n) is 12.5. The van der Waals surface area contributed by atoms with Gasteiger partial charge in [-0.15, -0.1) is 0 Å². The molecular formula is C54H74N4O8Si. The molecule has 1 saturated heterocycles. The van der Waals surface area contributed by atoms with Crippen LogP contribution in [0.3, 0.4) is 0 Å². The van der Waals surface area contributed by atoms with Crippen LogP contribution >= 0.6 is 0 Å². The van der Waals surface area contributed by atoms with Crippen LogP contribution in [-0.4, -0.2) is 75.2 Å². The first-order valence-electron chi connectivity index (χ1n) is 23.6. The van der Waals surface area contributed by atoms with Crippen LogP contribution in [0.25, 0.3) is 0 Å². The Balaban J connectivity index is 1.56. The molecule has 0 aromatic heterocycles. The van der Waals surface area contributed by atoms with Gasteiger partial charge in [0.15, 0.2) is 8.32 Å². The van der Waals surface area contributed by atoms with Gasteiger partial charge >= 0.3 is 6.09 Å². The van der Waals surface area contributed by atoms with E-state index in [1.165, 1.54) is 0 Å². The van der Waals surface area contributed by atoms with Crippen molar-refractivity contribution < 1.29 is 37.8 Å². The first kappa shape index (κ1) is 52.6. The average molecular weight is 935 g/mol. The van der Waals surface area contributed by atoms with Crippen molar-refractivity contribution in [2.45, 2.75) is 141 Å². The molecule has 4 aromatic carbocycles. The molecule has 0 radical (unpaired) electrons. The molecule has 0 saturated carbocycles. The van der Waals surface area contributed by atoms with Crippen LogP contribution < -0.4 is 21.7 Å². The lowest BCUT2D eigenvalue weighted by atomic mass is 9.87. The lowest BCUT2D eigenvalue weighted by molar-refractivity contribution is -0.133. The van der Waals surface area contributed by atoms with Crippen LogP contribution in [0.15, 0.2) is 115 Å². The molecule has 67 heavy (non-hydrogen) atoms. The third-order valence-corrected chi connectivity index (χ3v) is 17.0. The van der Waals surface area contributed by atoms with Gasteiger partial charge in [0.2, 0.25) is 23.5 Å². The van der Waals surface area contributed by atoms with E-state index in [4.69, 9.17) is 24.4 Å². The third kappa shape index (κ3) is 15.3. The Morgan fingerprint density at radius 2 is 1.13 bits per heavy atom. The van der Waals surface area contributed by atoms with Gasteiger partial charge in [-0.05, 0) is 87.2 Å². The molecule has 1 heterocycles. The van der Waals surface area contributed by atoms with E-state index in [-0.39, 0.29) is 36.1 Å². The van der Waals surface area contributed by atoms with Crippen LogP contribution in [0.5, 0.6) is 0 Å². The zero-order valence-electron chi connectivity index (χ0n) is 41.2. The van der Waals surface area contributed by atoms with Crippen LogP contribution in [0, 0.1) is 11.8 Å². The molecule has 5 atom stereocenters. The maximum atomic E-state index is 15.2. The van der Waals surface area contributed by atoms with Crippen molar-refractivity contribution in [1.29, 1.82) is 0 Å². The van der Waals surface area contributed by atoms with Gasteiger partial charge in [-0.3, -0.25) is 14.4 Å². The second-order valence-corrected chi connectivity index (χ2v) is 25.5. The maximum absolute atomic E-state index is 15.2. The minimum atomic E-state index is -2.60. The molecule has 4 aromatic rings. The van der Waals surface area contributed by atoms with Crippen molar-refractivity contribution in [1.82, 2.24) is 16.0 Å². The Morgan fingerprint density at radius 3 is 1.64 bits per heavy atom. The van der Waals surface area contributed by atoms with Gasteiger partial charge in [0.25, 0.3) is 0 Å². The van der Waals surface area contributed by atoms with Crippen molar-refractivity contribution in [3.8, 4) is 0 Å². The highest BCUT2D eigenvalue weighted by Gasteiger charge is 2.44. The Morgan fingerprint density at radius 1 is 0.642 bits per heavy atom. The van der Waals surface area contributed by atoms with Crippen LogP contribution in [0.2, 0.25) is 18.1 Å². The molecule has 0 aliphatic carbocycles. The summed E-state index contributed by atoms with van der Waals surface area (Å²) in [4.78, 5) is 55.9. The molecular weight excluding hydrogens is 861 g/mol. The standard InChI is InChI=1S/C54H74N4O8Si/c1-37(2)32-46(50(61)56-45(48(55)59)35-39-22-16-12-17-23-39)57-49(60)41(33-40-26-28-43(29-27-40)54(63-30-31-64-54)42-24-18-13-19-25-42)36-47(66-67(9,10)53(6,7)8)44(34-38-20-14-11-15-21-38)58-51(62)65-52(3,4)5/h11-29,37,41,44-47H,30-36H2,1-10H3,(H2,55,59)(H,56,61)(H,57,60)(H,58,62)/t41-,44+,45+,46+,47-/m1/s1. The van der Waals surface area contributed by atoms with E-state index in [0.717, 1.165) is 27.8 Å². The van der Waals surface area contributed by atoms with Crippen LogP contribution in [0.1, 0.15) is 96.0 Å². The van der Waals surface area contributed by atoms with Gasteiger partial charge < -0.3 is 40.3 Å². The van der Waals surface area contributed by atoms with Crippen LogP contribution in [0.4, 0.5) is 4.79 Å². The first-order valence-corrected chi connectivity index (χ1v) is 26.5. The topological polar surface area (TPSA) is 167 Å². The fourth-order valence-corrected chi connectivity index (χ4v) is 9.44. The van der Waals surface area contributed by atoms with Crippen molar-refractivity contribution in [2.75, 3.05) is 13.2 Å². The molecule has 0 unspecified atom stereocenters. The predicted octanol–water partition coefficient (Wildman–Crippen LogP) is 8.75. The number of benzene rings is 4. The summed E-state index contributed by atoms with van der Waals surface area (Å²) in [6.07, 6.45) is 0.0862. The summed E-state index contributed by atoms with van der Waals surface area (Å²) in [5, 5.41) is 8.92. The van der Waals surface area contributed by atoms with Crippen molar-refractivity contribution >= 4 is 32.1 Å². The lowest BCUT2D eigenvalue weighted by Crippen LogP contribution is -2.56. The number of alkyl carbamates (subject to hydrolysis) is 1. The van der Waals surface area contributed by atoms with E-state index < -0.39 is 67.8 Å². The Hall–Kier alpha value is -5.34. The van der Waals surface area contributed by atoms with E-state index in [1.54, 1.807) is 0 Å². The SMILES string of the molecule is CC(C)C[C@H](NC(=O)[C@H](Cc1ccc(C2(c3ccccc3)OCCO2)cc1)C[C@@H](O[Si](C)(C)C(C)(C)C)[C@H](Cc1ccccc1)NC(=O)OC(C)(C)C)C(=O)N[C@@H](Cc1ccccc1)C(N)=O. The quantitative estimate of drug-likeness (QED) is 0.0602. The lowest BCUT2D eigenvalue weighted by Gasteiger charge is -2.42. The highest BCUT2D eigenvalue weighted by Crippen LogP contribution is 2.40. The number of carbonyl (C=O) groups excluding carboxylic acids is 4. The monoisotopic (exact) mass is 935 g/mol. The van der Waals surface area contributed by atoms with Gasteiger partial charge in [-0.1, -0.05) is 150 Å². The van der Waals surface area contributed by atoms with Crippen LogP contribution in [-0.2, 0) is 58.1 Å². The number of ether oxygens (including phenoxy) is 3. The van der Waals surface area contributed by atoms with Gasteiger partial charge in [0.05, 0.1) is 25.4 Å². The Kier molecular flexibility index (Phi) is 18.1. The fourth-order valence-electron chi connectivity index (χ4n) is 8.07. The molecule has 362 valence electrons. The molecule has 1 fully saturated rings. The molecule has 1 aliphatic heterocycles. The Bertz CT molecular complexity index is 2200. The fraction of sp³-hybridized carbons (Fsp3) is 0.481. The van der Waals surface area contributed by atoms with E-state index >= 15 is 4.79 Å². The van der Waals surface area contributed by atoms with Gasteiger partial charge in [-0.25, -0.2) is 4.79 Å². The maximum Gasteiger partial charge on any atom is 0.407 e. The van der Waals surface area contributed by atoms with Gasteiger partial charge in [-0.2, -0.15) is 0 Å².